The van der Waals surface area contributed by atoms with Crippen molar-refractivity contribution in [1.29, 1.82) is 0 Å². The second-order valence-electron chi connectivity index (χ2n) is 2.83. The maximum atomic E-state index is 13.0. The number of benzene rings is 1. The van der Waals surface area contributed by atoms with Crippen LogP contribution in [0.3, 0.4) is 0 Å². The van der Waals surface area contributed by atoms with Crippen molar-refractivity contribution in [2.24, 2.45) is 0 Å². The molecule has 0 amide bonds. The van der Waals surface area contributed by atoms with Crippen molar-refractivity contribution in [3.05, 3.63) is 51.0 Å². The van der Waals surface area contributed by atoms with E-state index in [1.165, 1.54) is 0 Å². The van der Waals surface area contributed by atoms with Crippen LogP contribution in [0.15, 0.2) is 17.8 Å². The lowest BCUT2D eigenvalue weighted by atomic mass is 10.1. The minimum atomic E-state index is -1.17. The number of hydrogen-bond donors (Lipinski definition) is 0. The molecule has 6 heteroatoms. The molecule has 0 unspecified atom stereocenters. The number of rotatable bonds is 2. The average molecular weight is 217 g/mol. The standard InChI is InChI=1S/C9H6F3NO2/c1-5(13(14)15)2-7-8(11)3-6(10)4-9(7)12/h2-4H,1H3/b5-2+. The molecule has 0 bridgehead atoms. The fourth-order valence-corrected chi connectivity index (χ4v) is 0.953. The molecule has 0 spiro atoms. The van der Waals surface area contributed by atoms with Gasteiger partial charge in [0.25, 0.3) is 0 Å². The van der Waals surface area contributed by atoms with E-state index < -0.39 is 33.6 Å². The second-order valence-corrected chi connectivity index (χ2v) is 2.83. The molecule has 1 aromatic rings. The molecule has 1 rings (SSSR count). The molecule has 1 aromatic carbocycles. The van der Waals surface area contributed by atoms with Gasteiger partial charge in [-0.2, -0.15) is 0 Å². The Labute approximate surface area is 83.0 Å². The zero-order valence-corrected chi connectivity index (χ0v) is 7.63. The topological polar surface area (TPSA) is 43.1 Å². The predicted molar refractivity (Wildman–Crippen MR) is 47.0 cm³/mol. The van der Waals surface area contributed by atoms with Crippen molar-refractivity contribution in [3.8, 4) is 0 Å². The highest BCUT2D eigenvalue weighted by molar-refractivity contribution is 5.52. The highest BCUT2D eigenvalue weighted by Crippen LogP contribution is 2.17. The quantitative estimate of drug-likeness (QED) is 0.564. The highest BCUT2D eigenvalue weighted by atomic mass is 19.1. The van der Waals surface area contributed by atoms with Crippen molar-refractivity contribution < 1.29 is 18.1 Å². The molecule has 0 aliphatic heterocycles. The van der Waals surface area contributed by atoms with Crippen molar-refractivity contribution in [1.82, 2.24) is 0 Å². The summed E-state index contributed by atoms with van der Waals surface area (Å²) in [6.07, 6.45) is 0.712. The lowest BCUT2D eigenvalue weighted by Crippen LogP contribution is -1.97. The van der Waals surface area contributed by atoms with Gasteiger partial charge < -0.3 is 0 Å². The molecule has 0 atom stereocenters. The van der Waals surface area contributed by atoms with Crippen LogP contribution in [-0.2, 0) is 0 Å². The van der Waals surface area contributed by atoms with Gasteiger partial charge in [0.15, 0.2) is 0 Å². The zero-order chi connectivity index (χ0) is 11.6. The maximum Gasteiger partial charge on any atom is 0.244 e. The summed E-state index contributed by atoms with van der Waals surface area (Å²) >= 11 is 0. The van der Waals surface area contributed by atoms with E-state index in [1.54, 1.807) is 0 Å². The van der Waals surface area contributed by atoms with Gasteiger partial charge in [0.1, 0.15) is 17.5 Å². The smallest absolute Gasteiger partial charge is 0.244 e. The van der Waals surface area contributed by atoms with Crippen LogP contribution in [0.5, 0.6) is 0 Å². The summed E-state index contributed by atoms with van der Waals surface area (Å²) in [5.41, 5.74) is -1.05. The predicted octanol–water partition coefficient (Wildman–Crippen LogP) is 2.74. The van der Waals surface area contributed by atoms with Crippen LogP contribution in [0.25, 0.3) is 6.08 Å². The van der Waals surface area contributed by atoms with E-state index >= 15 is 0 Å². The third kappa shape index (κ3) is 2.55. The van der Waals surface area contributed by atoms with E-state index in [4.69, 9.17) is 0 Å². The van der Waals surface area contributed by atoms with Gasteiger partial charge in [0, 0.05) is 25.1 Å². The molecule has 0 N–H and O–H groups in total. The first-order valence-electron chi connectivity index (χ1n) is 3.89. The van der Waals surface area contributed by atoms with Crippen LogP contribution in [0.1, 0.15) is 12.5 Å². The van der Waals surface area contributed by atoms with Crippen LogP contribution in [0.4, 0.5) is 13.2 Å². The third-order valence-corrected chi connectivity index (χ3v) is 1.69. The Morgan fingerprint density at radius 1 is 1.33 bits per heavy atom. The Kier molecular flexibility index (Phi) is 3.08. The summed E-state index contributed by atoms with van der Waals surface area (Å²) in [7, 11) is 0. The minimum Gasteiger partial charge on any atom is -0.259 e. The van der Waals surface area contributed by atoms with Gasteiger partial charge in [0.05, 0.1) is 10.5 Å². The molecular formula is C9H6F3NO2. The zero-order valence-electron chi connectivity index (χ0n) is 7.63. The van der Waals surface area contributed by atoms with Crippen LogP contribution in [0.2, 0.25) is 0 Å². The normalized spacial score (nSPS) is 11.6. The molecule has 3 nitrogen and oxygen atoms in total. The summed E-state index contributed by atoms with van der Waals surface area (Å²) in [5.74, 6) is -3.41. The molecule has 0 aliphatic rings. The molecule has 0 aliphatic carbocycles. The Balaban J connectivity index is 3.27. The Morgan fingerprint density at radius 2 is 1.80 bits per heavy atom. The monoisotopic (exact) mass is 217 g/mol. The molecular weight excluding hydrogens is 211 g/mol. The molecule has 15 heavy (non-hydrogen) atoms. The fraction of sp³-hybridized carbons (Fsp3) is 0.111. The lowest BCUT2D eigenvalue weighted by molar-refractivity contribution is -0.422. The molecule has 0 saturated carbocycles. The first-order valence-corrected chi connectivity index (χ1v) is 3.89. The number of allylic oxidation sites excluding steroid dienone is 1. The van der Waals surface area contributed by atoms with E-state index in [1.807, 2.05) is 0 Å². The minimum absolute atomic E-state index is 0.431. The van der Waals surface area contributed by atoms with Gasteiger partial charge in [-0.05, 0) is 0 Å². The number of halogens is 3. The van der Waals surface area contributed by atoms with E-state index in [-0.39, 0.29) is 0 Å². The molecule has 80 valence electrons. The van der Waals surface area contributed by atoms with E-state index in [9.17, 15) is 23.3 Å². The van der Waals surface area contributed by atoms with Gasteiger partial charge in [-0.25, -0.2) is 13.2 Å². The van der Waals surface area contributed by atoms with Gasteiger partial charge in [-0.1, -0.05) is 0 Å². The number of nitrogens with zero attached hydrogens (tertiary/aromatic N) is 1. The third-order valence-electron chi connectivity index (χ3n) is 1.69. The number of hydrogen-bond acceptors (Lipinski definition) is 2. The van der Waals surface area contributed by atoms with Crippen LogP contribution in [-0.4, -0.2) is 4.92 Å². The Hall–Kier alpha value is -1.85. The van der Waals surface area contributed by atoms with Crippen molar-refractivity contribution in [2.45, 2.75) is 6.92 Å². The summed E-state index contributed by atoms with van der Waals surface area (Å²) in [6.45, 7) is 1.09. The molecule has 0 radical (unpaired) electrons. The van der Waals surface area contributed by atoms with E-state index in [0.29, 0.717) is 18.2 Å². The lowest BCUT2D eigenvalue weighted by Gasteiger charge is -1.99. The highest BCUT2D eigenvalue weighted by Gasteiger charge is 2.12. The van der Waals surface area contributed by atoms with Crippen molar-refractivity contribution in [3.63, 3.8) is 0 Å². The van der Waals surface area contributed by atoms with Gasteiger partial charge >= 0.3 is 0 Å². The molecule has 0 fully saturated rings. The van der Waals surface area contributed by atoms with Crippen LogP contribution in [0, 0.1) is 27.6 Å². The van der Waals surface area contributed by atoms with Gasteiger partial charge in [-0.3, -0.25) is 10.1 Å². The molecule has 0 aromatic heterocycles. The van der Waals surface area contributed by atoms with Crippen molar-refractivity contribution >= 4 is 6.08 Å². The van der Waals surface area contributed by atoms with Crippen molar-refractivity contribution in [2.75, 3.05) is 0 Å². The van der Waals surface area contributed by atoms with E-state index in [0.717, 1.165) is 6.92 Å². The fourth-order valence-electron chi connectivity index (χ4n) is 0.953. The SMILES string of the molecule is C/C(=C\c1c(F)cc(F)cc1F)[N+](=O)[O-]. The van der Waals surface area contributed by atoms with E-state index in [2.05, 4.69) is 0 Å². The summed E-state index contributed by atoms with van der Waals surface area (Å²) in [6, 6.07) is 0.921. The second kappa shape index (κ2) is 4.12. The first-order chi connectivity index (χ1) is 6.91. The maximum absolute atomic E-state index is 13.0. The number of nitro groups is 1. The first kappa shape index (κ1) is 11.2. The molecule has 0 heterocycles. The van der Waals surface area contributed by atoms with Gasteiger partial charge in [0.2, 0.25) is 5.70 Å². The van der Waals surface area contributed by atoms with Crippen LogP contribution < -0.4 is 0 Å². The Bertz CT molecular complexity index is 420. The largest absolute Gasteiger partial charge is 0.259 e. The summed E-state index contributed by atoms with van der Waals surface area (Å²) < 4.78 is 38.4. The Morgan fingerprint density at radius 3 is 2.20 bits per heavy atom. The average Bonchev–Trinajstić information content (AvgIpc) is 2.10. The summed E-state index contributed by atoms with van der Waals surface area (Å²) in [4.78, 5) is 9.42. The summed E-state index contributed by atoms with van der Waals surface area (Å²) in [5, 5.41) is 10.2. The van der Waals surface area contributed by atoms with Gasteiger partial charge in [-0.15, -0.1) is 0 Å². The van der Waals surface area contributed by atoms with Crippen LogP contribution >= 0.6 is 0 Å². The molecule has 0 saturated heterocycles.